The summed E-state index contributed by atoms with van der Waals surface area (Å²) in [5.41, 5.74) is 2.67. The zero-order valence-electron chi connectivity index (χ0n) is 16.4. The molecule has 1 aromatic heterocycles. The predicted molar refractivity (Wildman–Crippen MR) is 119 cm³/mol. The molecule has 2 aliphatic rings. The molecule has 4 rings (SSSR count). The van der Waals surface area contributed by atoms with E-state index in [0.29, 0.717) is 42.0 Å². The molecular formula is C23H19N3O4S. The number of pyridine rings is 1. The number of hydrogen-bond donors (Lipinski definition) is 2. The predicted octanol–water partition coefficient (Wildman–Crippen LogP) is 3.05. The molecule has 0 atom stereocenters. The first-order valence-corrected chi connectivity index (χ1v) is 11.0. The maximum absolute atomic E-state index is 13.0. The SMILES string of the molecule is O=C(O)C1=CC=C(C#Cc2ccccc2NS(=O)(=O)N2CCc3cccnc32)C=CC1. The maximum Gasteiger partial charge on any atom is 0.331 e. The fraction of sp³-hybridized carbons (Fsp3) is 0.130. The summed E-state index contributed by atoms with van der Waals surface area (Å²) in [6.07, 6.45) is 9.15. The fourth-order valence-corrected chi connectivity index (χ4v) is 4.59. The fourth-order valence-electron chi connectivity index (χ4n) is 3.30. The van der Waals surface area contributed by atoms with E-state index in [0.717, 1.165) is 5.56 Å². The van der Waals surface area contributed by atoms with Gasteiger partial charge in [0.2, 0.25) is 0 Å². The second kappa shape index (κ2) is 8.50. The van der Waals surface area contributed by atoms with Crippen molar-refractivity contribution in [2.24, 2.45) is 0 Å². The average molecular weight is 433 g/mol. The van der Waals surface area contributed by atoms with Crippen LogP contribution in [0, 0.1) is 11.8 Å². The van der Waals surface area contributed by atoms with Gasteiger partial charge in [0.05, 0.1) is 5.69 Å². The van der Waals surface area contributed by atoms with Gasteiger partial charge in [-0.05, 0) is 42.7 Å². The number of carboxylic acid groups (broad SMARTS) is 1. The van der Waals surface area contributed by atoms with Crippen molar-refractivity contribution in [3.8, 4) is 11.8 Å². The van der Waals surface area contributed by atoms with E-state index in [1.54, 1.807) is 54.8 Å². The molecule has 1 aliphatic heterocycles. The summed E-state index contributed by atoms with van der Waals surface area (Å²) < 4.78 is 29.9. The van der Waals surface area contributed by atoms with E-state index in [-0.39, 0.29) is 5.57 Å². The Morgan fingerprint density at radius 2 is 1.97 bits per heavy atom. The number of nitrogens with zero attached hydrogens (tertiary/aromatic N) is 2. The summed E-state index contributed by atoms with van der Waals surface area (Å²) in [6, 6.07) is 10.5. The first-order chi connectivity index (χ1) is 14.9. The Kier molecular flexibility index (Phi) is 5.60. The number of carboxylic acids is 1. The molecule has 2 N–H and O–H groups in total. The minimum atomic E-state index is -3.87. The number of aliphatic carboxylic acids is 1. The molecule has 0 bridgehead atoms. The molecule has 7 nitrogen and oxygen atoms in total. The Morgan fingerprint density at radius 1 is 1.13 bits per heavy atom. The van der Waals surface area contributed by atoms with Crippen LogP contribution in [-0.2, 0) is 21.4 Å². The zero-order chi connectivity index (χ0) is 21.8. The normalized spacial score (nSPS) is 15.2. The lowest BCUT2D eigenvalue weighted by Crippen LogP contribution is -2.35. The first-order valence-electron chi connectivity index (χ1n) is 9.60. The molecule has 0 amide bonds. The Balaban J connectivity index is 1.60. The van der Waals surface area contributed by atoms with Crippen molar-refractivity contribution in [1.82, 2.24) is 4.98 Å². The average Bonchev–Trinajstić information content (AvgIpc) is 3.05. The molecule has 0 unspecified atom stereocenters. The topological polar surface area (TPSA) is 99.6 Å². The highest BCUT2D eigenvalue weighted by molar-refractivity contribution is 7.94. The van der Waals surface area contributed by atoms with E-state index in [1.807, 2.05) is 6.07 Å². The number of rotatable bonds is 4. The van der Waals surface area contributed by atoms with Crippen LogP contribution in [0.2, 0.25) is 0 Å². The lowest BCUT2D eigenvalue weighted by molar-refractivity contribution is -0.132. The first kappa shape index (κ1) is 20.4. The highest BCUT2D eigenvalue weighted by Crippen LogP contribution is 2.28. The van der Waals surface area contributed by atoms with Gasteiger partial charge >= 0.3 is 16.2 Å². The van der Waals surface area contributed by atoms with Gasteiger partial charge in [-0.2, -0.15) is 8.42 Å². The number of aromatic nitrogens is 1. The second-order valence-corrected chi connectivity index (χ2v) is 8.53. The molecule has 2 aromatic rings. The van der Waals surface area contributed by atoms with Crippen molar-refractivity contribution in [3.05, 3.63) is 89.2 Å². The second-order valence-electron chi connectivity index (χ2n) is 6.94. The Hall–Kier alpha value is -3.83. The van der Waals surface area contributed by atoms with Gasteiger partial charge in [0, 0.05) is 29.5 Å². The smallest absolute Gasteiger partial charge is 0.331 e. The van der Waals surface area contributed by atoms with Gasteiger partial charge in [-0.3, -0.25) is 4.72 Å². The van der Waals surface area contributed by atoms with Crippen molar-refractivity contribution in [1.29, 1.82) is 0 Å². The number of benzene rings is 1. The van der Waals surface area contributed by atoms with Crippen molar-refractivity contribution in [2.45, 2.75) is 12.8 Å². The summed E-state index contributed by atoms with van der Waals surface area (Å²) in [5, 5.41) is 9.11. The van der Waals surface area contributed by atoms with Gasteiger partial charge in [-0.15, -0.1) is 0 Å². The van der Waals surface area contributed by atoms with Crippen LogP contribution in [0.1, 0.15) is 17.5 Å². The van der Waals surface area contributed by atoms with Crippen LogP contribution < -0.4 is 9.03 Å². The molecule has 0 saturated heterocycles. The van der Waals surface area contributed by atoms with E-state index in [2.05, 4.69) is 21.5 Å². The molecule has 1 aliphatic carbocycles. The molecular weight excluding hydrogens is 414 g/mol. The van der Waals surface area contributed by atoms with Crippen LogP contribution in [-0.4, -0.2) is 31.0 Å². The van der Waals surface area contributed by atoms with Gasteiger partial charge < -0.3 is 5.11 Å². The summed E-state index contributed by atoms with van der Waals surface area (Å²) >= 11 is 0. The molecule has 8 heteroatoms. The molecule has 31 heavy (non-hydrogen) atoms. The van der Waals surface area contributed by atoms with Crippen molar-refractivity contribution in [2.75, 3.05) is 15.6 Å². The van der Waals surface area contributed by atoms with Gasteiger partial charge in [0.25, 0.3) is 0 Å². The van der Waals surface area contributed by atoms with Crippen LogP contribution in [0.3, 0.4) is 0 Å². The van der Waals surface area contributed by atoms with Crippen LogP contribution in [0.5, 0.6) is 0 Å². The Labute approximate surface area is 180 Å². The molecule has 0 saturated carbocycles. The monoisotopic (exact) mass is 433 g/mol. The van der Waals surface area contributed by atoms with Crippen LogP contribution in [0.25, 0.3) is 0 Å². The third-order valence-corrected chi connectivity index (χ3v) is 6.27. The van der Waals surface area contributed by atoms with Crippen LogP contribution in [0.4, 0.5) is 11.5 Å². The number of hydrogen-bond acceptors (Lipinski definition) is 4. The number of para-hydroxylation sites is 1. The molecule has 156 valence electrons. The number of anilines is 2. The molecule has 0 fully saturated rings. The summed E-state index contributed by atoms with van der Waals surface area (Å²) in [5.74, 6) is 5.43. The maximum atomic E-state index is 13.0. The zero-order valence-corrected chi connectivity index (χ0v) is 17.3. The van der Waals surface area contributed by atoms with Gasteiger partial charge in [0.1, 0.15) is 5.82 Å². The van der Waals surface area contributed by atoms with E-state index in [4.69, 9.17) is 5.11 Å². The molecule has 0 radical (unpaired) electrons. The minimum absolute atomic E-state index is 0.278. The Bertz CT molecular complexity index is 1300. The van der Waals surface area contributed by atoms with Crippen LogP contribution >= 0.6 is 0 Å². The third-order valence-electron chi connectivity index (χ3n) is 4.86. The van der Waals surface area contributed by atoms with Crippen LogP contribution in [0.15, 0.2) is 78.0 Å². The molecule has 1 aromatic carbocycles. The van der Waals surface area contributed by atoms with Gasteiger partial charge in [-0.1, -0.05) is 48.3 Å². The van der Waals surface area contributed by atoms with Gasteiger partial charge in [-0.25, -0.2) is 14.1 Å². The lowest BCUT2D eigenvalue weighted by atomic mass is 10.1. The van der Waals surface area contributed by atoms with Gasteiger partial charge in [0.15, 0.2) is 0 Å². The minimum Gasteiger partial charge on any atom is -0.478 e. The van der Waals surface area contributed by atoms with Crippen molar-refractivity contribution >= 4 is 27.7 Å². The van der Waals surface area contributed by atoms with Crippen molar-refractivity contribution < 1.29 is 18.3 Å². The van der Waals surface area contributed by atoms with Crippen molar-refractivity contribution in [3.63, 3.8) is 0 Å². The lowest BCUT2D eigenvalue weighted by Gasteiger charge is -2.20. The molecule has 2 heterocycles. The summed E-state index contributed by atoms with van der Waals surface area (Å²) in [7, 11) is -3.87. The quantitative estimate of drug-likeness (QED) is 0.722. The largest absolute Gasteiger partial charge is 0.478 e. The summed E-state index contributed by atoms with van der Waals surface area (Å²) in [4.78, 5) is 15.3. The van der Waals surface area contributed by atoms with E-state index in [9.17, 15) is 13.2 Å². The highest BCUT2D eigenvalue weighted by Gasteiger charge is 2.30. The number of fused-ring (bicyclic) bond motifs is 1. The van der Waals surface area contributed by atoms with E-state index < -0.39 is 16.2 Å². The summed E-state index contributed by atoms with van der Waals surface area (Å²) in [6.45, 7) is 0.325. The number of nitrogens with one attached hydrogen (secondary N) is 1. The van der Waals surface area contributed by atoms with E-state index >= 15 is 0 Å². The van der Waals surface area contributed by atoms with E-state index in [1.165, 1.54) is 10.4 Å². The highest BCUT2D eigenvalue weighted by atomic mass is 32.2. The third kappa shape index (κ3) is 4.52. The standard InChI is InChI=1S/C23H19N3O4S/c27-23(28)20-7-3-5-17(11-13-20)10-12-18-6-1-2-9-21(18)25-31(29,30)26-16-14-19-8-4-15-24-22(19)26/h1-6,8-9,11,13,15,25H,7,14,16H2,(H,27,28). The Morgan fingerprint density at radius 3 is 2.81 bits per heavy atom. The molecule has 0 spiro atoms. The number of allylic oxidation sites excluding steroid dienone is 5. The number of carbonyl (C=O) groups is 1.